The molecule has 106 valence electrons. The first kappa shape index (κ1) is 15.4. The second-order valence-electron chi connectivity index (χ2n) is 4.11. The lowest BCUT2D eigenvalue weighted by Crippen LogP contribution is -2.29. The molecule has 0 atom stereocenters. The SMILES string of the molecule is CCc1nc(NC(=O)NCCCCC(=O)O)sc1C. The van der Waals surface area contributed by atoms with Crippen molar-refractivity contribution in [3.63, 3.8) is 0 Å². The van der Waals surface area contributed by atoms with E-state index in [4.69, 9.17) is 5.11 Å². The molecule has 0 bridgehead atoms. The Labute approximate surface area is 116 Å². The van der Waals surface area contributed by atoms with Crippen LogP contribution < -0.4 is 10.6 Å². The largest absolute Gasteiger partial charge is 0.481 e. The van der Waals surface area contributed by atoms with Crippen LogP contribution in [0.4, 0.5) is 9.93 Å². The Kier molecular flexibility index (Phi) is 6.27. The predicted molar refractivity (Wildman–Crippen MR) is 74.7 cm³/mol. The molecule has 0 aliphatic rings. The van der Waals surface area contributed by atoms with E-state index in [1.165, 1.54) is 11.3 Å². The van der Waals surface area contributed by atoms with E-state index in [0.717, 1.165) is 17.0 Å². The van der Waals surface area contributed by atoms with Crippen molar-refractivity contribution in [1.29, 1.82) is 0 Å². The molecule has 0 spiro atoms. The Morgan fingerprint density at radius 3 is 2.68 bits per heavy atom. The summed E-state index contributed by atoms with van der Waals surface area (Å²) in [5, 5.41) is 14.4. The first-order valence-electron chi connectivity index (χ1n) is 6.26. The molecule has 0 saturated carbocycles. The number of nitrogens with zero attached hydrogens (tertiary/aromatic N) is 1. The van der Waals surface area contributed by atoms with Gasteiger partial charge in [0.25, 0.3) is 0 Å². The Bertz CT molecular complexity index is 445. The summed E-state index contributed by atoms with van der Waals surface area (Å²) in [6, 6.07) is -0.299. The maximum Gasteiger partial charge on any atom is 0.321 e. The lowest BCUT2D eigenvalue weighted by atomic mass is 10.2. The number of aryl methyl sites for hydroxylation is 2. The van der Waals surface area contributed by atoms with Gasteiger partial charge in [-0.1, -0.05) is 6.92 Å². The average Bonchev–Trinajstić information content (AvgIpc) is 2.68. The Morgan fingerprint density at radius 2 is 2.11 bits per heavy atom. The van der Waals surface area contributed by atoms with Crippen molar-refractivity contribution < 1.29 is 14.7 Å². The second kappa shape index (κ2) is 7.73. The highest BCUT2D eigenvalue weighted by Crippen LogP contribution is 2.21. The van der Waals surface area contributed by atoms with Crippen molar-refractivity contribution in [3.05, 3.63) is 10.6 Å². The summed E-state index contributed by atoms with van der Waals surface area (Å²) >= 11 is 1.45. The lowest BCUT2D eigenvalue weighted by Gasteiger charge is -2.04. The summed E-state index contributed by atoms with van der Waals surface area (Å²) < 4.78 is 0. The highest BCUT2D eigenvalue weighted by molar-refractivity contribution is 7.15. The number of amides is 2. The highest BCUT2D eigenvalue weighted by Gasteiger charge is 2.08. The first-order chi connectivity index (χ1) is 9.02. The molecule has 7 heteroatoms. The highest BCUT2D eigenvalue weighted by atomic mass is 32.1. The Hall–Kier alpha value is -1.63. The van der Waals surface area contributed by atoms with Crippen molar-refractivity contribution in [2.45, 2.75) is 39.5 Å². The number of hydrogen-bond donors (Lipinski definition) is 3. The number of aliphatic carboxylic acids is 1. The fraction of sp³-hybridized carbons (Fsp3) is 0.583. The molecular weight excluding hydrogens is 266 g/mol. The van der Waals surface area contributed by atoms with Crippen molar-refractivity contribution in [2.24, 2.45) is 0 Å². The minimum atomic E-state index is -0.810. The third-order valence-electron chi connectivity index (χ3n) is 2.55. The molecule has 0 fully saturated rings. The monoisotopic (exact) mass is 285 g/mol. The van der Waals surface area contributed by atoms with E-state index in [-0.39, 0.29) is 12.5 Å². The third-order valence-corrected chi connectivity index (χ3v) is 3.48. The average molecular weight is 285 g/mol. The third kappa shape index (κ3) is 5.69. The smallest absolute Gasteiger partial charge is 0.321 e. The zero-order valence-electron chi connectivity index (χ0n) is 11.2. The summed E-state index contributed by atoms with van der Waals surface area (Å²) in [4.78, 5) is 27.3. The number of carbonyl (C=O) groups is 2. The number of nitrogens with one attached hydrogen (secondary N) is 2. The zero-order valence-corrected chi connectivity index (χ0v) is 12.0. The molecule has 0 aliphatic carbocycles. The number of anilines is 1. The zero-order chi connectivity index (χ0) is 14.3. The topological polar surface area (TPSA) is 91.3 Å². The molecule has 0 saturated heterocycles. The molecular formula is C12H19N3O3S. The predicted octanol–water partition coefficient (Wildman–Crippen LogP) is 2.39. The van der Waals surface area contributed by atoms with Gasteiger partial charge in [0.2, 0.25) is 0 Å². The van der Waals surface area contributed by atoms with Gasteiger partial charge in [0, 0.05) is 17.8 Å². The van der Waals surface area contributed by atoms with Crippen LogP contribution in [-0.2, 0) is 11.2 Å². The van der Waals surface area contributed by atoms with Gasteiger partial charge in [0.1, 0.15) is 0 Å². The fourth-order valence-electron chi connectivity index (χ4n) is 1.55. The number of carbonyl (C=O) groups excluding carboxylic acids is 1. The number of aromatic nitrogens is 1. The summed E-state index contributed by atoms with van der Waals surface area (Å²) in [5.74, 6) is -0.810. The van der Waals surface area contributed by atoms with Crippen LogP contribution in [0.1, 0.15) is 36.8 Å². The molecule has 1 rings (SSSR count). The quantitative estimate of drug-likeness (QED) is 0.671. The maximum absolute atomic E-state index is 11.5. The number of carboxylic acid groups (broad SMARTS) is 1. The summed E-state index contributed by atoms with van der Waals surface area (Å²) in [6.07, 6.45) is 2.19. The van der Waals surface area contributed by atoms with Gasteiger partial charge in [0.15, 0.2) is 5.13 Å². The summed E-state index contributed by atoms with van der Waals surface area (Å²) in [7, 11) is 0. The van der Waals surface area contributed by atoms with Crippen molar-refractivity contribution in [2.75, 3.05) is 11.9 Å². The van der Waals surface area contributed by atoms with Crippen molar-refractivity contribution >= 4 is 28.5 Å². The Morgan fingerprint density at radius 1 is 1.37 bits per heavy atom. The van der Waals surface area contributed by atoms with Crippen LogP contribution in [0.15, 0.2) is 0 Å². The first-order valence-corrected chi connectivity index (χ1v) is 7.07. The van der Waals surface area contributed by atoms with Gasteiger partial charge in [-0.2, -0.15) is 0 Å². The fourth-order valence-corrected chi connectivity index (χ4v) is 2.45. The van der Waals surface area contributed by atoms with Gasteiger partial charge in [-0.15, -0.1) is 11.3 Å². The van der Waals surface area contributed by atoms with Gasteiger partial charge in [-0.25, -0.2) is 9.78 Å². The maximum atomic E-state index is 11.5. The van der Waals surface area contributed by atoms with E-state index in [1.807, 2.05) is 13.8 Å². The van der Waals surface area contributed by atoms with Gasteiger partial charge in [-0.3, -0.25) is 10.1 Å². The number of urea groups is 1. The van der Waals surface area contributed by atoms with Crippen LogP contribution in [-0.4, -0.2) is 28.6 Å². The normalized spacial score (nSPS) is 10.2. The molecule has 1 aromatic rings. The molecule has 3 N–H and O–H groups in total. The minimum Gasteiger partial charge on any atom is -0.481 e. The van der Waals surface area contributed by atoms with E-state index >= 15 is 0 Å². The van der Waals surface area contributed by atoms with Gasteiger partial charge >= 0.3 is 12.0 Å². The van der Waals surface area contributed by atoms with Crippen LogP contribution >= 0.6 is 11.3 Å². The Balaban J connectivity index is 2.25. The minimum absolute atomic E-state index is 0.134. The number of rotatable bonds is 7. The molecule has 1 heterocycles. The van der Waals surface area contributed by atoms with Crippen LogP contribution in [0.5, 0.6) is 0 Å². The van der Waals surface area contributed by atoms with Crippen molar-refractivity contribution in [3.8, 4) is 0 Å². The van der Waals surface area contributed by atoms with Gasteiger partial charge in [-0.05, 0) is 26.2 Å². The summed E-state index contributed by atoms with van der Waals surface area (Å²) in [6.45, 7) is 4.46. The molecule has 0 aliphatic heterocycles. The van der Waals surface area contributed by atoms with E-state index in [0.29, 0.717) is 24.5 Å². The van der Waals surface area contributed by atoms with E-state index in [2.05, 4.69) is 15.6 Å². The van der Waals surface area contributed by atoms with Crippen LogP contribution in [0.2, 0.25) is 0 Å². The van der Waals surface area contributed by atoms with Gasteiger partial charge < -0.3 is 10.4 Å². The standard InChI is InChI=1S/C12H19N3O3S/c1-3-9-8(2)19-12(14-9)15-11(18)13-7-5-4-6-10(16)17/h3-7H2,1-2H3,(H,16,17)(H2,13,14,15,18). The number of hydrogen-bond acceptors (Lipinski definition) is 4. The second-order valence-corrected chi connectivity index (χ2v) is 5.31. The van der Waals surface area contributed by atoms with Crippen molar-refractivity contribution in [1.82, 2.24) is 10.3 Å². The van der Waals surface area contributed by atoms with Gasteiger partial charge in [0.05, 0.1) is 5.69 Å². The molecule has 1 aromatic heterocycles. The molecule has 19 heavy (non-hydrogen) atoms. The lowest BCUT2D eigenvalue weighted by molar-refractivity contribution is -0.137. The van der Waals surface area contributed by atoms with E-state index in [1.54, 1.807) is 0 Å². The molecule has 6 nitrogen and oxygen atoms in total. The number of unbranched alkanes of at least 4 members (excludes halogenated alkanes) is 1. The van der Waals surface area contributed by atoms with Crippen LogP contribution in [0, 0.1) is 6.92 Å². The molecule has 0 aromatic carbocycles. The van der Waals surface area contributed by atoms with Crippen LogP contribution in [0.3, 0.4) is 0 Å². The van der Waals surface area contributed by atoms with E-state index < -0.39 is 5.97 Å². The summed E-state index contributed by atoms with van der Waals surface area (Å²) in [5.41, 5.74) is 1.00. The number of carboxylic acids is 1. The molecule has 2 amide bonds. The van der Waals surface area contributed by atoms with E-state index in [9.17, 15) is 9.59 Å². The molecule has 0 unspecified atom stereocenters. The number of thiazole rings is 1. The molecule has 0 radical (unpaired) electrons. The van der Waals surface area contributed by atoms with Crippen LogP contribution in [0.25, 0.3) is 0 Å².